The number of primary amides is 2. The van der Waals surface area contributed by atoms with Gasteiger partial charge in [0, 0.05) is 11.1 Å². The predicted octanol–water partition coefficient (Wildman–Crippen LogP) is 0.998. The monoisotopic (exact) mass is 310 g/mol. The molecule has 3 rings (SSSR count). The first-order valence-corrected chi connectivity index (χ1v) is 6.71. The molecule has 2 amide bonds. The molecule has 0 saturated heterocycles. The number of carbonyl (C=O) groups excluding carboxylic acids is 4. The zero-order valence-corrected chi connectivity index (χ0v) is 12.3. The summed E-state index contributed by atoms with van der Waals surface area (Å²) in [4.78, 5) is 44.0. The minimum Gasteiger partial charge on any atom is -0.363 e. The Morgan fingerprint density at radius 2 is 1.26 bits per heavy atom. The molecule has 6 heteroatoms. The molecule has 0 unspecified atom stereocenters. The molecule has 2 aliphatic rings. The highest BCUT2D eigenvalue weighted by molar-refractivity contribution is 6.48. The first-order valence-electron chi connectivity index (χ1n) is 6.71. The van der Waals surface area contributed by atoms with Gasteiger partial charge in [0.25, 0.3) is 23.4 Å². The van der Waals surface area contributed by atoms with Crippen LogP contribution in [-0.2, 0) is 9.59 Å². The standard InChI is InChI=1S/C10H8N2O4.C7H6/c11-9(15)7(13)5-3-1-2-4-6(5)8(14)10(12)16;1-5-2-3-6-4-7(5)6/h1-4H,(H2,11,15)(H2,12,16);2-4H,1H3. The second kappa shape index (κ2) is 6.23. The first-order chi connectivity index (χ1) is 10.8. The van der Waals surface area contributed by atoms with Crippen molar-refractivity contribution in [1.29, 1.82) is 0 Å². The molecule has 1 aromatic carbocycles. The van der Waals surface area contributed by atoms with Crippen molar-refractivity contribution in [2.45, 2.75) is 6.92 Å². The van der Waals surface area contributed by atoms with Gasteiger partial charge in [0.15, 0.2) is 0 Å². The van der Waals surface area contributed by atoms with Crippen molar-refractivity contribution >= 4 is 23.4 Å². The first kappa shape index (κ1) is 16.1. The van der Waals surface area contributed by atoms with E-state index in [9.17, 15) is 19.2 Å². The summed E-state index contributed by atoms with van der Waals surface area (Å²) in [5.41, 5.74) is 13.5. The number of hydrogen-bond acceptors (Lipinski definition) is 4. The quantitative estimate of drug-likeness (QED) is 0.551. The maximum absolute atomic E-state index is 11.3. The number of aryl methyl sites for hydroxylation is 1. The van der Waals surface area contributed by atoms with Crippen LogP contribution < -0.4 is 11.5 Å². The molecule has 1 aromatic rings. The van der Waals surface area contributed by atoms with Crippen LogP contribution in [0.2, 0.25) is 0 Å². The number of amides is 2. The largest absolute Gasteiger partial charge is 0.363 e. The zero-order chi connectivity index (χ0) is 17.1. The van der Waals surface area contributed by atoms with Crippen LogP contribution in [0.25, 0.3) is 11.1 Å². The molecule has 23 heavy (non-hydrogen) atoms. The Morgan fingerprint density at radius 1 is 0.783 bits per heavy atom. The van der Waals surface area contributed by atoms with Crippen LogP contribution in [0, 0.1) is 6.92 Å². The molecule has 0 aliphatic heterocycles. The number of fused-ring (bicyclic) bond motifs is 1. The van der Waals surface area contributed by atoms with Gasteiger partial charge in [0.2, 0.25) is 0 Å². The Labute approximate surface area is 132 Å². The summed E-state index contributed by atoms with van der Waals surface area (Å²) in [5.74, 6) is -4.48. The van der Waals surface area contributed by atoms with E-state index in [1.807, 2.05) is 0 Å². The van der Waals surface area contributed by atoms with Gasteiger partial charge in [-0.3, -0.25) is 19.2 Å². The van der Waals surface area contributed by atoms with Crippen LogP contribution in [0.15, 0.2) is 42.5 Å². The third-order valence-electron chi connectivity index (χ3n) is 3.33. The van der Waals surface area contributed by atoms with E-state index in [0.29, 0.717) is 0 Å². The fourth-order valence-electron chi connectivity index (χ4n) is 2.05. The predicted molar refractivity (Wildman–Crippen MR) is 83.7 cm³/mol. The number of hydrogen-bond donors (Lipinski definition) is 2. The molecule has 2 aliphatic carbocycles. The number of rotatable bonds is 4. The minimum absolute atomic E-state index is 0.223. The van der Waals surface area contributed by atoms with E-state index < -0.39 is 23.4 Å². The summed E-state index contributed by atoms with van der Waals surface area (Å²) >= 11 is 0. The van der Waals surface area contributed by atoms with Gasteiger partial charge in [-0.15, -0.1) is 0 Å². The van der Waals surface area contributed by atoms with Gasteiger partial charge in [-0.25, -0.2) is 0 Å². The summed E-state index contributed by atoms with van der Waals surface area (Å²) in [6, 6.07) is 11.8. The molecule has 0 bridgehead atoms. The lowest BCUT2D eigenvalue weighted by molar-refractivity contribution is -0.114. The van der Waals surface area contributed by atoms with Crippen LogP contribution >= 0.6 is 0 Å². The highest BCUT2D eigenvalue weighted by Crippen LogP contribution is 2.37. The molecule has 0 atom stereocenters. The van der Waals surface area contributed by atoms with Crippen molar-refractivity contribution in [3.05, 3.63) is 59.2 Å². The highest BCUT2D eigenvalue weighted by atomic mass is 16.2. The number of carbonyl (C=O) groups is 4. The maximum atomic E-state index is 11.3. The Hall–Kier alpha value is -3.28. The molecule has 0 spiro atoms. The number of nitrogens with two attached hydrogens (primary N) is 2. The van der Waals surface area contributed by atoms with Crippen molar-refractivity contribution in [2.75, 3.05) is 0 Å². The number of benzene rings is 2. The van der Waals surface area contributed by atoms with Crippen molar-refractivity contribution < 1.29 is 19.2 Å². The fourth-order valence-corrected chi connectivity index (χ4v) is 2.05. The second-order valence-electron chi connectivity index (χ2n) is 4.96. The molecular weight excluding hydrogens is 296 g/mol. The maximum Gasteiger partial charge on any atom is 0.289 e. The van der Waals surface area contributed by atoms with Crippen LogP contribution in [0.5, 0.6) is 0 Å². The van der Waals surface area contributed by atoms with Crippen LogP contribution in [-0.4, -0.2) is 23.4 Å². The van der Waals surface area contributed by atoms with Crippen LogP contribution in [0.4, 0.5) is 0 Å². The van der Waals surface area contributed by atoms with E-state index in [2.05, 4.69) is 25.1 Å². The van der Waals surface area contributed by atoms with Crippen molar-refractivity contribution in [2.24, 2.45) is 11.5 Å². The van der Waals surface area contributed by atoms with Gasteiger partial charge in [0.05, 0.1) is 0 Å². The average Bonchev–Trinajstić information content (AvgIpc) is 3.23. The molecule has 0 heterocycles. The molecule has 0 saturated carbocycles. The normalized spacial score (nSPS) is 10.1. The lowest BCUT2D eigenvalue weighted by atomic mass is 9.99. The Bertz CT molecular complexity index is 795. The summed E-state index contributed by atoms with van der Waals surface area (Å²) < 4.78 is 0. The lowest BCUT2D eigenvalue weighted by Crippen LogP contribution is -2.28. The summed E-state index contributed by atoms with van der Waals surface area (Å²) in [5, 5.41) is 0. The van der Waals surface area contributed by atoms with Crippen molar-refractivity contribution in [3.8, 4) is 11.1 Å². The molecule has 0 aromatic heterocycles. The Balaban J connectivity index is 0.000000223. The topological polar surface area (TPSA) is 120 Å². The third kappa shape index (κ3) is 3.49. The summed E-state index contributed by atoms with van der Waals surface area (Å²) in [7, 11) is 0. The summed E-state index contributed by atoms with van der Waals surface area (Å²) in [6.45, 7) is 2.14. The molecule has 4 N–H and O–H groups in total. The third-order valence-corrected chi connectivity index (χ3v) is 3.33. The summed E-state index contributed by atoms with van der Waals surface area (Å²) in [6.07, 6.45) is 0. The second-order valence-corrected chi connectivity index (χ2v) is 4.96. The van der Waals surface area contributed by atoms with E-state index in [1.54, 1.807) is 0 Å². The molecule has 0 fully saturated rings. The highest BCUT2D eigenvalue weighted by Gasteiger charge is 2.22. The van der Waals surface area contributed by atoms with E-state index in [-0.39, 0.29) is 11.1 Å². The average molecular weight is 310 g/mol. The van der Waals surface area contributed by atoms with Crippen LogP contribution in [0.1, 0.15) is 26.3 Å². The van der Waals surface area contributed by atoms with Gasteiger partial charge in [0.1, 0.15) is 0 Å². The smallest absolute Gasteiger partial charge is 0.289 e. The van der Waals surface area contributed by atoms with Gasteiger partial charge in [-0.2, -0.15) is 0 Å². The molecule has 0 radical (unpaired) electrons. The van der Waals surface area contributed by atoms with Crippen LogP contribution in [0.3, 0.4) is 0 Å². The Kier molecular flexibility index (Phi) is 4.36. The van der Waals surface area contributed by atoms with Gasteiger partial charge in [-0.1, -0.05) is 36.4 Å². The Morgan fingerprint density at radius 3 is 1.48 bits per heavy atom. The molecular formula is C17H14N2O4. The van der Waals surface area contributed by atoms with Gasteiger partial charge < -0.3 is 11.5 Å². The van der Waals surface area contributed by atoms with Gasteiger partial charge in [-0.05, 0) is 29.7 Å². The SMILES string of the molecule is Cc1ccc2cc1-2.NC(=O)C(=O)c1ccccc1C(=O)C(N)=O. The van der Waals surface area contributed by atoms with Gasteiger partial charge >= 0.3 is 0 Å². The van der Waals surface area contributed by atoms with E-state index >= 15 is 0 Å². The molecule has 6 nitrogen and oxygen atoms in total. The fraction of sp³-hybridized carbons (Fsp3) is 0.0588. The van der Waals surface area contributed by atoms with E-state index in [0.717, 1.165) is 0 Å². The molecule has 116 valence electrons. The van der Waals surface area contributed by atoms with E-state index in [1.165, 1.54) is 41.0 Å². The lowest BCUT2D eigenvalue weighted by Gasteiger charge is -2.03. The van der Waals surface area contributed by atoms with E-state index in [4.69, 9.17) is 11.5 Å². The van der Waals surface area contributed by atoms with Crippen molar-refractivity contribution in [1.82, 2.24) is 0 Å². The van der Waals surface area contributed by atoms with Crippen molar-refractivity contribution in [3.63, 3.8) is 0 Å². The number of ketones is 2. The number of Topliss-reactive ketones (excluding diaryl/α,β-unsaturated/α-hetero) is 2. The zero-order valence-electron chi connectivity index (χ0n) is 12.3. The minimum atomic E-state index is -1.20.